The fraction of sp³-hybridized carbons (Fsp3) is 0.700. The molecule has 1 heterocycles. The maximum Gasteiger partial charge on any atom is 0.119 e. The van der Waals surface area contributed by atoms with Crippen LogP contribution in [0.4, 0.5) is 0 Å². The van der Waals surface area contributed by atoms with E-state index in [2.05, 4.69) is 57.7 Å². The molecule has 3 nitrogen and oxygen atoms in total. The average molecular weight is 319 g/mol. The third-order valence-corrected chi connectivity index (χ3v) is 4.37. The Kier molecular flexibility index (Phi) is 6.91. The number of aryl methyl sites for hydroxylation is 1. The first kappa shape index (κ1) is 18.3. The van der Waals surface area contributed by atoms with Gasteiger partial charge in [0.15, 0.2) is 0 Å². The molecule has 2 rings (SSSR count). The van der Waals surface area contributed by atoms with Gasteiger partial charge in [-0.25, -0.2) is 0 Å². The Morgan fingerprint density at radius 2 is 1.83 bits per heavy atom. The number of rotatable bonds is 7. The summed E-state index contributed by atoms with van der Waals surface area (Å²) in [6, 6.07) is 6.57. The fourth-order valence-corrected chi connectivity index (χ4v) is 3.29. The lowest BCUT2D eigenvalue weighted by Gasteiger charge is -2.35. The van der Waals surface area contributed by atoms with Crippen LogP contribution < -0.4 is 4.74 Å². The van der Waals surface area contributed by atoms with Crippen LogP contribution in [0.1, 0.15) is 57.6 Å². The molecule has 0 bridgehead atoms. The number of unbranched alkanes of at least 4 members (excludes halogenated alkanes) is 1. The molecule has 130 valence electrons. The van der Waals surface area contributed by atoms with Gasteiger partial charge in [0.1, 0.15) is 5.75 Å². The highest BCUT2D eigenvalue weighted by molar-refractivity contribution is 5.35. The second-order valence-corrected chi connectivity index (χ2v) is 7.31. The summed E-state index contributed by atoms with van der Waals surface area (Å²) >= 11 is 0. The first-order valence-corrected chi connectivity index (χ1v) is 9.06. The van der Waals surface area contributed by atoms with Crippen molar-refractivity contribution in [1.29, 1.82) is 0 Å². The zero-order chi connectivity index (χ0) is 16.8. The molecule has 0 N–H and O–H groups in total. The lowest BCUT2D eigenvalue weighted by atomic mass is 10.0. The molecule has 0 unspecified atom stereocenters. The lowest BCUT2D eigenvalue weighted by molar-refractivity contribution is -0.0682. The summed E-state index contributed by atoms with van der Waals surface area (Å²) in [4.78, 5) is 2.52. The highest BCUT2D eigenvalue weighted by atomic mass is 16.5. The molecule has 3 heteroatoms. The SMILES string of the molecule is Cc1cc(OCCCCN2C[C@@H](C)O[C@@H](C)C2)cc(C(C)C)c1. The van der Waals surface area contributed by atoms with E-state index in [0.717, 1.165) is 38.4 Å². The van der Waals surface area contributed by atoms with Gasteiger partial charge in [-0.15, -0.1) is 0 Å². The van der Waals surface area contributed by atoms with E-state index in [1.165, 1.54) is 17.5 Å². The summed E-state index contributed by atoms with van der Waals surface area (Å²) in [6.45, 7) is 15.0. The van der Waals surface area contributed by atoms with Gasteiger partial charge >= 0.3 is 0 Å². The summed E-state index contributed by atoms with van der Waals surface area (Å²) < 4.78 is 11.7. The Hall–Kier alpha value is -1.06. The van der Waals surface area contributed by atoms with E-state index < -0.39 is 0 Å². The molecule has 1 aromatic rings. The van der Waals surface area contributed by atoms with E-state index in [4.69, 9.17) is 9.47 Å². The molecule has 0 aliphatic carbocycles. The van der Waals surface area contributed by atoms with Gasteiger partial charge in [-0.1, -0.05) is 19.9 Å². The van der Waals surface area contributed by atoms with Crippen LogP contribution in [0.15, 0.2) is 18.2 Å². The van der Waals surface area contributed by atoms with Crippen LogP contribution in [0.2, 0.25) is 0 Å². The molecule has 2 atom stereocenters. The molecular weight excluding hydrogens is 286 g/mol. The molecule has 23 heavy (non-hydrogen) atoms. The maximum atomic E-state index is 5.97. The molecule has 1 aromatic carbocycles. The van der Waals surface area contributed by atoms with Gasteiger partial charge in [-0.05, 0) is 69.3 Å². The van der Waals surface area contributed by atoms with Gasteiger partial charge in [0.25, 0.3) is 0 Å². The maximum absolute atomic E-state index is 5.97. The molecule has 0 spiro atoms. The van der Waals surface area contributed by atoms with Gasteiger partial charge in [0, 0.05) is 13.1 Å². The number of hydrogen-bond donors (Lipinski definition) is 0. The summed E-state index contributed by atoms with van der Waals surface area (Å²) in [5.74, 6) is 1.56. The number of morpholine rings is 1. The quantitative estimate of drug-likeness (QED) is 0.696. The van der Waals surface area contributed by atoms with Gasteiger partial charge in [0.05, 0.1) is 18.8 Å². The predicted octanol–water partition coefficient (Wildman–Crippen LogP) is 4.39. The van der Waals surface area contributed by atoms with Crippen molar-refractivity contribution in [3.63, 3.8) is 0 Å². The molecule has 1 aliphatic heterocycles. The highest BCUT2D eigenvalue weighted by Crippen LogP contribution is 2.23. The van der Waals surface area contributed by atoms with Crippen molar-refractivity contribution in [2.45, 2.75) is 65.6 Å². The Bertz CT molecular complexity index is 477. The van der Waals surface area contributed by atoms with Crippen LogP contribution in [-0.2, 0) is 4.74 Å². The zero-order valence-electron chi connectivity index (χ0n) is 15.5. The standard InChI is InChI=1S/C20H33NO2/c1-15(2)19-10-16(3)11-20(12-19)22-9-7-6-8-21-13-17(4)23-18(5)14-21/h10-12,15,17-18H,6-9,13-14H2,1-5H3/t17-,18+. The van der Waals surface area contributed by atoms with Crippen LogP contribution in [0, 0.1) is 6.92 Å². The van der Waals surface area contributed by atoms with E-state index >= 15 is 0 Å². The molecule has 0 aromatic heterocycles. The number of nitrogens with zero attached hydrogens (tertiary/aromatic N) is 1. The third-order valence-electron chi connectivity index (χ3n) is 4.37. The van der Waals surface area contributed by atoms with Gasteiger partial charge in [-0.2, -0.15) is 0 Å². The number of hydrogen-bond acceptors (Lipinski definition) is 3. The summed E-state index contributed by atoms with van der Waals surface area (Å²) in [5, 5.41) is 0. The topological polar surface area (TPSA) is 21.7 Å². The zero-order valence-corrected chi connectivity index (χ0v) is 15.5. The van der Waals surface area contributed by atoms with Crippen molar-refractivity contribution >= 4 is 0 Å². The van der Waals surface area contributed by atoms with Gasteiger partial charge in [0.2, 0.25) is 0 Å². The van der Waals surface area contributed by atoms with Crippen molar-refractivity contribution < 1.29 is 9.47 Å². The Morgan fingerprint density at radius 3 is 2.48 bits per heavy atom. The van der Waals surface area contributed by atoms with E-state index in [1.54, 1.807) is 0 Å². The Morgan fingerprint density at radius 1 is 1.13 bits per heavy atom. The molecular formula is C20H33NO2. The Labute approximate surface area is 142 Å². The molecule has 0 radical (unpaired) electrons. The van der Waals surface area contributed by atoms with E-state index in [-0.39, 0.29) is 0 Å². The molecule has 1 aliphatic rings. The largest absolute Gasteiger partial charge is 0.494 e. The third kappa shape index (κ3) is 6.15. The lowest BCUT2D eigenvalue weighted by Crippen LogP contribution is -2.45. The minimum Gasteiger partial charge on any atom is -0.494 e. The molecule has 1 fully saturated rings. The average Bonchev–Trinajstić information content (AvgIpc) is 2.45. The summed E-state index contributed by atoms with van der Waals surface area (Å²) in [5.41, 5.74) is 2.64. The van der Waals surface area contributed by atoms with Crippen LogP contribution in [0.5, 0.6) is 5.75 Å². The normalized spacial score (nSPS) is 22.5. The second kappa shape index (κ2) is 8.70. The fourth-order valence-electron chi connectivity index (χ4n) is 3.29. The smallest absolute Gasteiger partial charge is 0.119 e. The van der Waals surface area contributed by atoms with Crippen molar-refractivity contribution in [1.82, 2.24) is 4.90 Å². The van der Waals surface area contributed by atoms with Gasteiger partial charge < -0.3 is 9.47 Å². The van der Waals surface area contributed by atoms with Crippen LogP contribution in [0.25, 0.3) is 0 Å². The number of benzene rings is 1. The molecule has 1 saturated heterocycles. The second-order valence-electron chi connectivity index (χ2n) is 7.31. The summed E-state index contributed by atoms with van der Waals surface area (Å²) in [6.07, 6.45) is 3.00. The van der Waals surface area contributed by atoms with Crippen molar-refractivity contribution in [2.75, 3.05) is 26.2 Å². The van der Waals surface area contributed by atoms with Crippen LogP contribution in [-0.4, -0.2) is 43.3 Å². The highest BCUT2D eigenvalue weighted by Gasteiger charge is 2.21. The molecule has 0 amide bonds. The van der Waals surface area contributed by atoms with Crippen molar-refractivity contribution in [3.05, 3.63) is 29.3 Å². The van der Waals surface area contributed by atoms with Crippen LogP contribution >= 0.6 is 0 Å². The minimum absolute atomic E-state index is 0.358. The number of ether oxygens (including phenoxy) is 2. The van der Waals surface area contributed by atoms with Gasteiger partial charge in [-0.3, -0.25) is 4.90 Å². The van der Waals surface area contributed by atoms with E-state index in [9.17, 15) is 0 Å². The molecule has 0 saturated carbocycles. The predicted molar refractivity (Wildman–Crippen MR) is 96.4 cm³/mol. The summed E-state index contributed by atoms with van der Waals surface area (Å²) in [7, 11) is 0. The van der Waals surface area contributed by atoms with Crippen LogP contribution in [0.3, 0.4) is 0 Å². The van der Waals surface area contributed by atoms with Crippen molar-refractivity contribution in [2.24, 2.45) is 0 Å². The van der Waals surface area contributed by atoms with Crippen molar-refractivity contribution in [3.8, 4) is 5.75 Å². The first-order valence-electron chi connectivity index (χ1n) is 9.06. The minimum atomic E-state index is 0.358. The Balaban J connectivity index is 1.69. The van der Waals surface area contributed by atoms with E-state index in [0.29, 0.717) is 18.1 Å². The monoisotopic (exact) mass is 319 g/mol. The first-order chi connectivity index (χ1) is 10.9. The van der Waals surface area contributed by atoms with E-state index in [1.807, 2.05) is 0 Å².